The van der Waals surface area contributed by atoms with Gasteiger partial charge in [-0.25, -0.2) is 0 Å². The number of aryl methyl sites for hydroxylation is 1. The number of benzene rings is 1. The lowest BCUT2D eigenvalue weighted by atomic mass is 10.2. The van der Waals surface area contributed by atoms with Gasteiger partial charge >= 0.3 is 0 Å². The maximum absolute atomic E-state index is 10.9. The zero-order valence-electron chi connectivity index (χ0n) is 12.1. The van der Waals surface area contributed by atoms with Crippen LogP contribution in [0.1, 0.15) is 22.2 Å². The fourth-order valence-electron chi connectivity index (χ4n) is 2.01. The number of hydrogen-bond donors (Lipinski definition) is 1. The van der Waals surface area contributed by atoms with Gasteiger partial charge in [-0.1, -0.05) is 6.92 Å². The largest absolute Gasteiger partial charge is 0.496 e. The highest BCUT2D eigenvalue weighted by atomic mass is 32.1. The number of nitrogens with one attached hydrogen (secondary N) is 1. The van der Waals surface area contributed by atoms with Gasteiger partial charge in [0.2, 0.25) is 0 Å². The van der Waals surface area contributed by atoms with E-state index in [-0.39, 0.29) is 5.69 Å². The molecule has 0 radical (unpaired) electrons. The van der Waals surface area contributed by atoms with E-state index in [0.717, 1.165) is 18.5 Å². The van der Waals surface area contributed by atoms with Crippen molar-refractivity contribution in [3.05, 3.63) is 55.8 Å². The molecule has 0 saturated carbocycles. The van der Waals surface area contributed by atoms with Crippen LogP contribution in [0.4, 0.5) is 5.69 Å². The molecule has 2 aromatic rings. The standard InChI is InChI=1S/C15H18N2O3S/c1-3-14-4-5-15(21-14)10-16-9-11-6-12(17(18)19)8-13(7-11)20-2/h4-8,16H,3,9-10H2,1-2H3. The highest BCUT2D eigenvalue weighted by Crippen LogP contribution is 2.23. The Morgan fingerprint density at radius 1 is 1.24 bits per heavy atom. The number of nitro groups is 1. The van der Waals surface area contributed by atoms with Gasteiger partial charge in [-0.3, -0.25) is 10.1 Å². The molecule has 0 aliphatic heterocycles. The van der Waals surface area contributed by atoms with Gasteiger partial charge in [0.15, 0.2) is 0 Å². The Labute approximate surface area is 127 Å². The van der Waals surface area contributed by atoms with Crippen molar-refractivity contribution in [2.45, 2.75) is 26.4 Å². The van der Waals surface area contributed by atoms with Crippen molar-refractivity contribution in [1.29, 1.82) is 0 Å². The Kier molecular flexibility index (Phi) is 5.30. The molecule has 1 aromatic carbocycles. The lowest BCUT2D eigenvalue weighted by Crippen LogP contribution is -2.12. The molecule has 0 atom stereocenters. The molecule has 0 spiro atoms. The molecule has 0 aliphatic rings. The average molecular weight is 306 g/mol. The minimum atomic E-state index is -0.404. The minimum absolute atomic E-state index is 0.0514. The van der Waals surface area contributed by atoms with E-state index < -0.39 is 4.92 Å². The molecule has 1 heterocycles. The molecule has 2 rings (SSSR count). The van der Waals surface area contributed by atoms with Crippen LogP contribution in [-0.2, 0) is 19.5 Å². The summed E-state index contributed by atoms with van der Waals surface area (Å²) in [6.07, 6.45) is 1.05. The topological polar surface area (TPSA) is 64.4 Å². The van der Waals surface area contributed by atoms with Crippen LogP contribution in [0, 0.1) is 10.1 Å². The molecule has 0 bridgehead atoms. The quantitative estimate of drug-likeness (QED) is 0.628. The van der Waals surface area contributed by atoms with E-state index >= 15 is 0 Å². The molecular formula is C15H18N2O3S. The van der Waals surface area contributed by atoms with Crippen LogP contribution in [0.2, 0.25) is 0 Å². The molecule has 0 aliphatic carbocycles. The van der Waals surface area contributed by atoms with Gasteiger partial charge in [0, 0.05) is 28.9 Å². The van der Waals surface area contributed by atoms with Gasteiger partial charge in [-0.15, -0.1) is 11.3 Å². The summed E-state index contributed by atoms with van der Waals surface area (Å²) in [5.41, 5.74) is 0.892. The normalized spacial score (nSPS) is 10.6. The summed E-state index contributed by atoms with van der Waals surface area (Å²) in [6, 6.07) is 9.06. The molecule has 5 nitrogen and oxygen atoms in total. The summed E-state index contributed by atoms with van der Waals surface area (Å²) in [6.45, 7) is 3.46. The predicted octanol–water partition coefficient (Wildman–Crippen LogP) is 3.52. The maximum Gasteiger partial charge on any atom is 0.273 e. The van der Waals surface area contributed by atoms with Crippen LogP contribution in [0.5, 0.6) is 5.75 Å². The smallest absolute Gasteiger partial charge is 0.273 e. The monoisotopic (exact) mass is 306 g/mol. The van der Waals surface area contributed by atoms with Crippen LogP contribution >= 0.6 is 11.3 Å². The van der Waals surface area contributed by atoms with E-state index in [1.165, 1.54) is 22.9 Å². The Hall–Kier alpha value is -1.92. The van der Waals surface area contributed by atoms with Gasteiger partial charge < -0.3 is 10.1 Å². The molecular weight excluding hydrogens is 288 g/mol. The highest BCUT2D eigenvalue weighted by Gasteiger charge is 2.10. The van der Waals surface area contributed by atoms with Crippen molar-refractivity contribution in [2.24, 2.45) is 0 Å². The number of hydrogen-bond acceptors (Lipinski definition) is 5. The minimum Gasteiger partial charge on any atom is -0.496 e. The lowest BCUT2D eigenvalue weighted by Gasteiger charge is -2.06. The third kappa shape index (κ3) is 4.27. The molecule has 0 amide bonds. The van der Waals surface area contributed by atoms with Crippen LogP contribution in [-0.4, -0.2) is 12.0 Å². The Morgan fingerprint density at radius 2 is 2.00 bits per heavy atom. The maximum atomic E-state index is 10.9. The van der Waals surface area contributed by atoms with Crippen LogP contribution in [0.15, 0.2) is 30.3 Å². The van der Waals surface area contributed by atoms with Crippen molar-refractivity contribution < 1.29 is 9.66 Å². The number of methoxy groups -OCH3 is 1. The van der Waals surface area contributed by atoms with Gasteiger partial charge in [-0.2, -0.15) is 0 Å². The molecule has 112 valence electrons. The fraction of sp³-hybridized carbons (Fsp3) is 0.333. The summed E-state index contributed by atoms with van der Waals surface area (Å²) >= 11 is 1.79. The third-order valence-electron chi connectivity index (χ3n) is 3.09. The van der Waals surface area contributed by atoms with Crippen LogP contribution in [0.3, 0.4) is 0 Å². The Bertz CT molecular complexity index is 625. The lowest BCUT2D eigenvalue weighted by molar-refractivity contribution is -0.385. The van der Waals surface area contributed by atoms with Crippen molar-refractivity contribution in [2.75, 3.05) is 7.11 Å². The molecule has 1 aromatic heterocycles. The predicted molar refractivity (Wildman–Crippen MR) is 83.9 cm³/mol. The van der Waals surface area contributed by atoms with Crippen molar-refractivity contribution in [3.63, 3.8) is 0 Å². The SMILES string of the molecule is CCc1ccc(CNCc2cc(OC)cc([N+](=O)[O-])c2)s1. The van der Waals surface area contributed by atoms with Crippen molar-refractivity contribution >= 4 is 17.0 Å². The van der Waals surface area contributed by atoms with Gasteiger partial charge in [0.05, 0.1) is 18.1 Å². The average Bonchev–Trinajstić information content (AvgIpc) is 2.95. The zero-order chi connectivity index (χ0) is 15.2. The van der Waals surface area contributed by atoms with E-state index in [0.29, 0.717) is 12.3 Å². The van der Waals surface area contributed by atoms with Crippen molar-refractivity contribution in [1.82, 2.24) is 5.32 Å². The molecule has 0 saturated heterocycles. The van der Waals surface area contributed by atoms with E-state index in [9.17, 15) is 10.1 Å². The highest BCUT2D eigenvalue weighted by molar-refractivity contribution is 7.11. The van der Waals surface area contributed by atoms with Gasteiger partial charge in [0.1, 0.15) is 5.75 Å². The first-order valence-corrected chi connectivity index (χ1v) is 7.54. The Morgan fingerprint density at radius 3 is 2.62 bits per heavy atom. The summed E-state index contributed by atoms with van der Waals surface area (Å²) in [5.74, 6) is 0.505. The van der Waals surface area contributed by atoms with Gasteiger partial charge in [0.25, 0.3) is 5.69 Å². The fourth-order valence-corrected chi connectivity index (χ4v) is 2.93. The van der Waals surface area contributed by atoms with Crippen LogP contribution < -0.4 is 10.1 Å². The third-order valence-corrected chi connectivity index (χ3v) is 4.32. The summed E-state index contributed by atoms with van der Waals surface area (Å²) in [4.78, 5) is 13.1. The second-order valence-electron chi connectivity index (χ2n) is 4.62. The van der Waals surface area contributed by atoms with Crippen molar-refractivity contribution in [3.8, 4) is 5.75 Å². The molecule has 0 unspecified atom stereocenters. The molecule has 1 N–H and O–H groups in total. The number of nitro benzene ring substituents is 1. The Balaban J connectivity index is 1.98. The first-order chi connectivity index (χ1) is 10.1. The van der Waals surface area contributed by atoms with E-state index in [2.05, 4.69) is 24.4 Å². The first kappa shape index (κ1) is 15.5. The van der Waals surface area contributed by atoms with Gasteiger partial charge in [-0.05, 0) is 30.2 Å². The summed E-state index contributed by atoms with van der Waals surface area (Å²) in [7, 11) is 1.51. The number of thiophene rings is 1. The first-order valence-electron chi connectivity index (χ1n) is 6.73. The number of non-ortho nitro benzene ring substituents is 1. The van der Waals surface area contributed by atoms with E-state index in [1.807, 2.05) is 6.07 Å². The van der Waals surface area contributed by atoms with E-state index in [1.54, 1.807) is 17.4 Å². The summed E-state index contributed by atoms with van der Waals surface area (Å²) < 4.78 is 5.10. The summed E-state index contributed by atoms with van der Waals surface area (Å²) in [5, 5.41) is 14.2. The number of rotatable bonds is 7. The number of nitrogens with zero attached hydrogens (tertiary/aromatic N) is 1. The molecule has 0 fully saturated rings. The molecule has 21 heavy (non-hydrogen) atoms. The van der Waals surface area contributed by atoms with Crippen LogP contribution in [0.25, 0.3) is 0 Å². The zero-order valence-corrected chi connectivity index (χ0v) is 12.9. The number of ether oxygens (including phenoxy) is 1. The second-order valence-corrected chi connectivity index (χ2v) is 5.87. The molecule has 6 heteroatoms. The second kappa shape index (κ2) is 7.19. The van der Waals surface area contributed by atoms with E-state index in [4.69, 9.17) is 4.74 Å².